The highest BCUT2D eigenvalue weighted by molar-refractivity contribution is 5.06. The Morgan fingerprint density at radius 2 is 2.26 bits per heavy atom. The van der Waals surface area contributed by atoms with Crippen LogP contribution in [-0.2, 0) is 4.74 Å². The second-order valence-corrected chi connectivity index (χ2v) is 5.52. The molecule has 1 fully saturated rings. The highest BCUT2D eigenvalue weighted by atomic mass is 16.5. The molecule has 0 spiro atoms. The van der Waals surface area contributed by atoms with Gasteiger partial charge in [-0.3, -0.25) is 5.32 Å². The minimum Gasteiger partial charge on any atom is -0.380 e. The van der Waals surface area contributed by atoms with E-state index < -0.39 is 0 Å². The van der Waals surface area contributed by atoms with Gasteiger partial charge in [-0.2, -0.15) is 5.26 Å². The van der Waals surface area contributed by atoms with Gasteiger partial charge >= 0.3 is 0 Å². The number of nitrogens with one attached hydrogen (secondary N) is 1. The van der Waals surface area contributed by atoms with Gasteiger partial charge in [0.25, 0.3) is 0 Å². The number of hydrogen-bond donors (Lipinski definition) is 1. The molecular formula is C15H29N3O. The van der Waals surface area contributed by atoms with Crippen LogP contribution in [0.15, 0.2) is 0 Å². The molecule has 1 aliphatic heterocycles. The van der Waals surface area contributed by atoms with E-state index in [1.807, 2.05) is 0 Å². The van der Waals surface area contributed by atoms with E-state index >= 15 is 0 Å². The van der Waals surface area contributed by atoms with Crippen LogP contribution in [0.25, 0.3) is 0 Å². The lowest BCUT2D eigenvalue weighted by atomic mass is 9.91. The molecule has 1 N–H and O–H groups in total. The molecule has 0 radical (unpaired) electrons. The third-order valence-electron chi connectivity index (χ3n) is 4.17. The Kier molecular flexibility index (Phi) is 7.37. The summed E-state index contributed by atoms with van der Waals surface area (Å²) in [6.45, 7) is 8.42. The average molecular weight is 267 g/mol. The molecule has 0 aliphatic carbocycles. The van der Waals surface area contributed by atoms with E-state index in [0.29, 0.717) is 6.10 Å². The van der Waals surface area contributed by atoms with E-state index in [-0.39, 0.29) is 5.54 Å². The Morgan fingerprint density at radius 3 is 2.79 bits per heavy atom. The predicted molar refractivity (Wildman–Crippen MR) is 78.0 cm³/mol. The average Bonchev–Trinajstić information content (AvgIpc) is 2.91. The Hall–Kier alpha value is -0.630. The van der Waals surface area contributed by atoms with Crippen molar-refractivity contribution in [2.24, 2.45) is 0 Å². The Balaban J connectivity index is 2.30. The van der Waals surface area contributed by atoms with Gasteiger partial charge in [0, 0.05) is 20.2 Å². The van der Waals surface area contributed by atoms with Gasteiger partial charge in [-0.15, -0.1) is 0 Å². The number of rotatable bonds is 9. The highest BCUT2D eigenvalue weighted by Gasteiger charge is 2.27. The first kappa shape index (κ1) is 16.4. The molecule has 2 unspecified atom stereocenters. The zero-order valence-corrected chi connectivity index (χ0v) is 12.7. The molecule has 0 aromatic heterocycles. The van der Waals surface area contributed by atoms with Crippen LogP contribution < -0.4 is 5.32 Å². The maximum absolute atomic E-state index is 9.43. The summed E-state index contributed by atoms with van der Waals surface area (Å²) in [5.41, 5.74) is -0.323. The van der Waals surface area contributed by atoms with E-state index in [1.165, 1.54) is 0 Å². The van der Waals surface area contributed by atoms with Crippen molar-refractivity contribution >= 4 is 0 Å². The first-order valence-corrected chi connectivity index (χ1v) is 7.61. The van der Waals surface area contributed by atoms with E-state index in [2.05, 4.69) is 30.1 Å². The largest absolute Gasteiger partial charge is 0.380 e. The van der Waals surface area contributed by atoms with Gasteiger partial charge in [-0.25, -0.2) is 0 Å². The number of methoxy groups -OCH3 is 1. The molecule has 1 aliphatic rings. The van der Waals surface area contributed by atoms with Crippen LogP contribution in [0.2, 0.25) is 0 Å². The van der Waals surface area contributed by atoms with E-state index in [4.69, 9.17) is 4.74 Å². The molecule has 1 heterocycles. The summed E-state index contributed by atoms with van der Waals surface area (Å²) in [6.07, 6.45) is 5.52. The lowest BCUT2D eigenvalue weighted by Gasteiger charge is -2.27. The number of ether oxygens (including phenoxy) is 1. The summed E-state index contributed by atoms with van der Waals surface area (Å²) in [5, 5.41) is 12.9. The van der Waals surface area contributed by atoms with Gasteiger partial charge in [0.2, 0.25) is 0 Å². The van der Waals surface area contributed by atoms with Crippen LogP contribution >= 0.6 is 0 Å². The first-order chi connectivity index (χ1) is 9.19. The van der Waals surface area contributed by atoms with Crippen molar-refractivity contribution in [1.29, 1.82) is 5.26 Å². The topological polar surface area (TPSA) is 48.3 Å². The first-order valence-electron chi connectivity index (χ1n) is 7.61. The second-order valence-electron chi connectivity index (χ2n) is 5.52. The summed E-state index contributed by atoms with van der Waals surface area (Å²) in [4.78, 5) is 2.45. The maximum atomic E-state index is 9.43. The molecule has 2 atom stereocenters. The lowest BCUT2D eigenvalue weighted by molar-refractivity contribution is 0.107. The molecule has 0 aromatic carbocycles. The van der Waals surface area contributed by atoms with Gasteiger partial charge < -0.3 is 9.64 Å². The van der Waals surface area contributed by atoms with Crippen molar-refractivity contribution in [1.82, 2.24) is 10.2 Å². The third kappa shape index (κ3) is 5.10. The predicted octanol–water partition coefficient (Wildman–Crippen LogP) is 2.16. The van der Waals surface area contributed by atoms with Crippen molar-refractivity contribution < 1.29 is 4.74 Å². The van der Waals surface area contributed by atoms with Crippen LogP contribution in [0.5, 0.6) is 0 Å². The summed E-state index contributed by atoms with van der Waals surface area (Å²) >= 11 is 0. The zero-order chi connectivity index (χ0) is 14.1. The molecule has 0 aromatic rings. The maximum Gasteiger partial charge on any atom is 0.106 e. The lowest BCUT2D eigenvalue weighted by Crippen LogP contribution is -2.44. The summed E-state index contributed by atoms with van der Waals surface area (Å²) in [5.74, 6) is 0. The van der Waals surface area contributed by atoms with Crippen LogP contribution in [-0.4, -0.2) is 49.8 Å². The fraction of sp³-hybridized carbons (Fsp3) is 0.933. The van der Waals surface area contributed by atoms with Crippen molar-refractivity contribution in [3.63, 3.8) is 0 Å². The third-order valence-corrected chi connectivity index (χ3v) is 4.17. The van der Waals surface area contributed by atoms with Crippen molar-refractivity contribution in [3.8, 4) is 6.07 Å². The molecule has 0 bridgehead atoms. The van der Waals surface area contributed by atoms with Crippen LogP contribution in [0, 0.1) is 11.3 Å². The molecule has 4 nitrogen and oxygen atoms in total. The number of nitrogens with zero attached hydrogens (tertiary/aromatic N) is 2. The SMILES string of the molecule is CCCNC(C#N)(CC)CCCN1CCC(OC)C1. The molecular weight excluding hydrogens is 238 g/mol. The Bertz CT molecular complexity index is 290. The monoisotopic (exact) mass is 267 g/mol. The van der Waals surface area contributed by atoms with E-state index in [0.717, 1.165) is 58.3 Å². The van der Waals surface area contributed by atoms with Crippen molar-refractivity contribution in [2.75, 3.05) is 33.3 Å². The van der Waals surface area contributed by atoms with Gasteiger partial charge in [0.1, 0.15) is 5.54 Å². The summed E-state index contributed by atoms with van der Waals surface area (Å²) in [6, 6.07) is 2.49. The van der Waals surface area contributed by atoms with Gasteiger partial charge in [0.05, 0.1) is 12.2 Å². The second kappa shape index (κ2) is 8.52. The standard InChI is InChI=1S/C15H29N3O/c1-4-9-17-15(5-2,13-16)8-6-10-18-11-7-14(12-18)19-3/h14,17H,4-12H2,1-3H3. The minimum atomic E-state index is -0.323. The van der Waals surface area contributed by atoms with E-state index in [1.54, 1.807) is 7.11 Å². The van der Waals surface area contributed by atoms with Crippen LogP contribution in [0.1, 0.15) is 46.0 Å². The Morgan fingerprint density at radius 1 is 1.47 bits per heavy atom. The quantitative estimate of drug-likeness (QED) is 0.695. The van der Waals surface area contributed by atoms with Gasteiger partial charge in [0.15, 0.2) is 0 Å². The number of likely N-dealkylation sites (tertiary alicyclic amines) is 1. The van der Waals surface area contributed by atoms with Gasteiger partial charge in [-0.05, 0) is 45.2 Å². The molecule has 110 valence electrons. The molecule has 0 saturated carbocycles. The fourth-order valence-corrected chi connectivity index (χ4v) is 2.73. The zero-order valence-electron chi connectivity index (χ0n) is 12.7. The smallest absolute Gasteiger partial charge is 0.106 e. The van der Waals surface area contributed by atoms with E-state index in [9.17, 15) is 5.26 Å². The molecule has 4 heteroatoms. The van der Waals surface area contributed by atoms with Crippen LogP contribution in [0.4, 0.5) is 0 Å². The number of nitriles is 1. The van der Waals surface area contributed by atoms with Crippen molar-refractivity contribution in [2.45, 2.75) is 57.6 Å². The fourth-order valence-electron chi connectivity index (χ4n) is 2.73. The molecule has 0 amide bonds. The number of hydrogen-bond acceptors (Lipinski definition) is 4. The minimum absolute atomic E-state index is 0.323. The van der Waals surface area contributed by atoms with Crippen molar-refractivity contribution in [3.05, 3.63) is 0 Å². The Labute approximate surface area is 118 Å². The summed E-state index contributed by atoms with van der Waals surface area (Å²) < 4.78 is 5.38. The van der Waals surface area contributed by atoms with Crippen LogP contribution in [0.3, 0.4) is 0 Å². The normalized spacial score (nSPS) is 23.2. The summed E-state index contributed by atoms with van der Waals surface area (Å²) in [7, 11) is 1.79. The molecule has 1 rings (SSSR count). The molecule has 1 saturated heterocycles. The molecule has 19 heavy (non-hydrogen) atoms. The highest BCUT2D eigenvalue weighted by Crippen LogP contribution is 2.19. The van der Waals surface area contributed by atoms with Gasteiger partial charge in [-0.1, -0.05) is 13.8 Å².